The minimum absolute atomic E-state index is 0.0585. The second kappa shape index (κ2) is 12.2. The fourth-order valence-corrected chi connectivity index (χ4v) is 5.57. The number of morpholine rings is 1. The minimum Gasteiger partial charge on any atom is -0.507 e. The van der Waals surface area contributed by atoms with Crippen molar-refractivity contribution in [1.29, 1.82) is 0 Å². The molecule has 208 valence electrons. The number of benzene rings is 2. The molecule has 3 aliphatic rings. The molecule has 3 heterocycles. The lowest BCUT2D eigenvalue weighted by atomic mass is 9.94. The Balaban J connectivity index is 1.49. The number of Topliss-reactive ketones (excluding diaryl/α,β-unsaturated/α-hetero) is 1. The first kappa shape index (κ1) is 27.2. The molecule has 0 spiro atoms. The molecule has 0 saturated carbocycles. The number of ketones is 1. The fraction of sp³-hybridized carbons (Fsp3) is 0.484. The number of nitrogens with zero attached hydrogens (tertiary/aromatic N) is 2. The Kier molecular flexibility index (Phi) is 8.53. The van der Waals surface area contributed by atoms with Crippen LogP contribution in [0.3, 0.4) is 0 Å². The highest BCUT2D eigenvalue weighted by Crippen LogP contribution is 2.41. The molecule has 0 aromatic heterocycles. The van der Waals surface area contributed by atoms with Crippen LogP contribution >= 0.6 is 0 Å². The van der Waals surface area contributed by atoms with E-state index in [1.54, 1.807) is 11.0 Å². The van der Waals surface area contributed by atoms with Gasteiger partial charge in [-0.05, 0) is 54.8 Å². The summed E-state index contributed by atoms with van der Waals surface area (Å²) in [5.74, 6) is 0.0467. The molecule has 0 unspecified atom stereocenters. The van der Waals surface area contributed by atoms with Gasteiger partial charge in [-0.1, -0.05) is 31.9 Å². The first-order valence-electron chi connectivity index (χ1n) is 14.1. The maximum absolute atomic E-state index is 13.5. The van der Waals surface area contributed by atoms with Gasteiger partial charge in [0.25, 0.3) is 11.7 Å². The lowest BCUT2D eigenvalue weighted by Crippen LogP contribution is -2.42. The molecule has 2 aromatic carbocycles. The number of rotatable bonds is 10. The number of carbonyl (C=O) groups excluding carboxylic acids is 2. The van der Waals surface area contributed by atoms with Crippen LogP contribution in [0.25, 0.3) is 5.76 Å². The third-order valence-corrected chi connectivity index (χ3v) is 7.66. The fourth-order valence-electron chi connectivity index (χ4n) is 5.57. The number of likely N-dealkylation sites (tertiary alicyclic amines) is 1. The van der Waals surface area contributed by atoms with E-state index in [4.69, 9.17) is 14.2 Å². The van der Waals surface area contributed by atoms with Crippen LogP contribution in [0.15, 0.2) is 48.0 Å². The van der Waals surface area contributed by atoms with E-state index in [-0.39, 0.29) is 17.4 Å². The number of aliphatic hydroxyl groups is 1. The number of carbonyl (C=O) groups is 2. The summed E-state index contributed by atoms with van der Waals surface area (Å²) in [6.07, 6.45) is 3.94. The Morgan fingerprint density at radius 1 is 1.08 bits per heavy atom. The quantitative estimate of drug-likeness (QED) is 0.210. The van der Waals surface area contributed by atoms with Crippen molar-refractivity contribution in [3.63, 3.8) is 0 Å². The van der Waals surface area contributed by atoms with E-state index in [1.165, 1.54) is 0 Å². The van der Waals surface area contributed by atoms with E-state index in [0.29, 0.717) is 44.2 Å². The van der Waals surface area contributed by atoms with Crippen molar-refractivity contribution in [1.82, 2.24) is 9.80 Å². The van der Waals surface area contributed by atoms with Gasteiger partial charge in [0.2, 0.25) is 0 Å². The normalized spacial score (nSPS) is 22.7. The third kappa shape index (κ3) is 5.97. The molecule has 5 rings (SSSR count). The Hall–Kier alpha value is -3.36. The summed E-state index contributed by atoms with van der Waals surface area (Å²) in [5, 5.41) is 11.5. The van der Waals surface area contributed by atoms with Crippen LogP contribution in [0.1, 0.15) is 55.8 Å². The number of hydrogen-bond acceptors (Lipinski definition) is 7. The molecule has 2 atom stereocenters. The van der Waals surface area contributed by atoms with Gasteiger partial charge in [0, 0.05) is 38.2 Å². The first-order chi connectivity index (χ1) is 19.0. The zero-order valence-electron chi connectivity index (χ0n) is 22.9. The summed E-state index contributed by atoms with van der Waals surface area (Å²) in [6.45, 7) is 8.60. The Morgan fingerprint density at radius 2 is 1.90 bits per heavy atom. The minimum atomic E-state index is -0.714. The zero-order valence-corrected chi connectivity index (χ0v) is 22.9. The summed E-state index contributed by atoms with van der Waals surface area (Å²) >= 11 is 0. The maximum atomic E-state index is 13.5. The van der Waals surface area contributed by atoms with Crippen LogP contribution < -0.4 is 9.47 Å². The van der Waals surface area contributed by atoms with Crippen LogP contribution in [0.4, 0.5) is 0 Å². The molecule has 2 aromatic rings. The van der Waals surface area contributed by atoms with Gasteiger partial charge in [0.15, 0.2) is 0 Å². The van der Waals surface area contributed by atoms with Crippen molar-refractivity contribution >= 4 is 17.4 Å². The molecule has 8 nitrogen and oxygen atoms in total. The van der Waals surface area contributed by atoms with Crippen LogP contribution in [0, 0.1) is 0 Å². The van der Waals surface area contributed by atoms with E-state index in [9.17, 15) is 14.7 Å². The number of aliphatic hydroxyl groups excluding tert-OH is 1. The van der Waals surface area contributed by atoms with Crippen molar-refractivity contribution in [2.75, 3.05) is 46.0 Å². The topological polar surface area (TPSA) is 88.5 Å². The molecular weight excluding hydrogens is 496 g/mol. The molecule has 39 heavy (non-hydrogen) atoms. The smallest absolute Gasteiger partial charge is 0.295 e. The van der Waals surface area contributed by atoms with Gasteiger partial charge in [0.05, 0.1) is 31.4 Å². The van der Waals surface area contributed by atoms with Gasteiger partial charge >= 0.3 is 0 Å². The average Bonchev–Trinajstić information content (AvgIpc) is 3.45. The molecule has 2 fully saturated rings. The van der Waals surface area contributed by atoms with Crippen molar-refractivity contribution in [3.05, 3.63) is 64.7 Å². The van der Waals surface area contributed by atoms with E-state index >= 15 is 0 Å². The Bertz CT molecular complexity index is 1240. The molecule has 0 aliphatic carbocycles. The van der Waals surface area contributed by atoms with E-state index < -0.39 is 17.7 Å². The highest BCUT2D eigenvalue weighted by molar-refractivity contribution is 6.46. The van der Waals surface area contributed by atoms with E-state index in [2.05, 4.69) is 11.8 Å². The summed E-state index contributed by atoms with van der Waals surface area (Å²) in [6, 6.07) is 12.3. The largest absolute Gasteiger partial charge is 0.507 e. The highest BCUT2D eigenvalue weighted by Gasteiger charge is 2.46. The molecule has 8 heteroatoms. The standard InChI is InChI=1S/C31H38N2O6/c1-3-4-5-15-38-25-8-6-7-22(20-25)28-27(29(34)23-9-10-26-24(19-23)18-21(2)39-26)30(35)31(36)33(28)12-11-32-13-16-37-17-14-32/h6-10,19-21,28,34H,3-5,11-18H2,1-2H3/b29-27+/t21-,28+/m1/s1. The molecule has 2 saturated heterocycles. The van der Waals surface area contributed by atoms with Crippen LogP contribution in [0.2, 0.25) is 0 Å². The first-order valence-corrected chi connectivity index (χ1v) is 14.1. The predicted molar refractivity (Wildman–Crippen MR) is 148 cm³/mol. The zero-order chi connectivity index (χ0) is 27.4. The monoisotopic (exact) mass is 534 g/mol. The number of ether oxygens (including phenoxy) is 3. The third-order valence-electron chi connectivity index (χ3n) is 7.66. The molecule has 1 amide bonds. The average molecular weight is 535 g/mol. The van der Waals surface area contributed by atoms with Gasteiger partial charge in [-0.2, -0.15) is 0 Å². The van der Waals surface area contributed by atoms with Crippen molar-refractivity contribution < 1.29 is 28.9 Å². The van der Waals surface area contributed by atoms with Crippen LogP contribution in [-0.4, -0.2) is 78.7 Å². The van der Waals surface area contributed by atoms with Gasteiger partial charge < -0.3 is 24.2 Å². The lowest BCUT2D eigenvalue weighted by Gasteiger charge is -2.31. The molecule has 0 bridgehead atoms. The SMILES string of the molecule is CCCCCOc1cccc([C@H]2/C(=C(\O)c3ccc4c(c3)C[C@@H](C)O4)C(=O)C(=O)N2CCN2CCOCC2)c1. The predicted octanol–water partition coefficient (Wildman–Crippen LogP) is 4.33. The van der Waals surface area contributed by atoms with Gasteiger partial charge in [0.1, 0.15) is 23.4 Å². The molecule has 0 radical (unpaired) electrons. The van der Waals surface area contributed by atoms with Crippen molar-refractivity contribution in [3.8, 4) is 11.5 Å². The Labute approximate surface area is 230 Å². The second-order valence-electron chi connectivity index (χ2n) is 10.5. The lowest BCUT2D eigenvalue weighted by molar-refractivity contribution is -0.140. The second-order valence-corrected chi connectivity index (χ2v) is 10.5. The molecule has 3 aliphatic heterocycles. The van der Waals surface area contributed by atoms with Crippen LogP contribution in [-0.2, 0) is 20.7 Å². The van der Waals surface area contributed by atoms with Crippen LogP contribution in [0.5, 0.6) is 11.5 Å². The number of fused-ring (bicyclic) bond motifs is 1. The van der Waals surface area contributed by atoms with Crippen molar-refractivity contribution in [2.24, 2.45) is 0 Å². The highest BCUT2D eigenvalue weighted by atomic mass is 16.5. The van der Waals surface area contributed by atoms with Gasteiger partial charge in [-0.25, -0.2) is 0 Å². The summed E-state index contributed by atoms with van der Waals surface area (Å²) in [4.78, 5) is 30.7. The summed E-state index contributed by atoms with van der Waals surface area (Å²) < 4.78 is 17.3. The van der Waals surface area contributed by atoms with Crippen molar-refractivity contribution in [2.45, 2.75) is 51.7 Å². The summed E-state index contributed by atoms with van der Waals surface area (Å²) in [5.41, 5.74) is 2.34. The Morgan fingerprint density at radius 3 is 2.69 bits per heavy atom. The van der Waals surface area contributed by atoms with Gasteiger partial charge in [-0.15, -0.1) is 0 Å². The van der Waals surface area contributed by atoms with Gasteiger partial charge in [-0.3, -0.25) is 14.5 Å². The summed E-state index contributed by atoms with van der Waals surface area (Å²) in [7, 11) is 0. The number of unbranched alkanes of at least 4 members (excludes halogenated alkanes) is 2. The number of hydrogen-bond donors (Lipinski definition) is 1. The molecular formula is C31H38N2O6. The van der Waals surface area contributed by atoms with E-state index in [1.807, 2.05) is 43.3 Å². The maximum Gasteiger partial charge on any atom is 0.295 e. The molecule has 1 N–H and O–H groups in total. The number of amides is 1. The van der Waals surface area contributed by atoms with E-state index in [0.717, 1.165) is 55.6 Å².